The number of benzene rings is 1. The van der Waals surface area contributed by atoms with Crippen LogP contribution >= 0.6 is 0 Å². The van der Waals surface area contributed by atoms with Gasteiger partial charge in [0, 0.05) is 7.05 Å². The Bertz CT molecular complexity index is 1140. The average molecular weight is 390 g/mol. The minimum Gasteiger partial charge on any atom is -0.279 e. The molecule has 1 aromatic carbocycles. The van der Waals surface area contributed by atoms with E-state index in [1.54, 1.807) is 36.9 Å². The van der Waals surface area contributed by atoms with Crippen LogP contribution in [0.5, 0.6) is 0 Å². The number of aromatic amines is 1. The summed E-state index contributed by atoms with van der Waals surface area (Å²) >= 11 is 0. The van der Waals surface area contributed by atoms with Gasteiger partial charge in [-0.2, -0.15) is 10.2 Å². The molecule has 2 N–H and O–H groups in total. The zero-order valence-corrected chi connectivity index (χ0v) is 16.5. The molecule has 10 heteroatoms. The summed E-state index contributed by atoms with van der Waals surface area (Å²) in [5, 5.41) is 10.4. The molecule has 27 heavy (non-hydrogen) atoms. The molecule has 0 saturated carbocycles. The average Bonchev–Trinajstić information content (AvgIpc) is 3.19. The molecule has 2 aromatic heterocycles. The van der Waals surface area contributed by atoms with Gasteiger partial charge in [-0.3, -0.25) is 9.40 Å². The first kappa shape index (κ1) is 18.9. The highest BCUT2D eigenvalue weighted by atomic mass is 32.2. The summed E-state index contributed by atoms with van der Waals surface area (Å²) in [6.45, 7) is 5.52. The van der Waals surface area contributed by atoms with E-state index in [1.807, 2.05) is 13.8 Å². The lowest BCUT2D eigenvalue weighted by Crippen LogP contribution is -2.19. The van der Waals surface area contributed by atoms with Crippen molar-refractivity contribution in [2.75, 3.05) is 4.72 Å². The van der Waals surface area contributed by atoms with Gasteiger partial charge in [0.05, 0.1) is 22.8 Å². The minimum atomic E-state index is -3.84. The van der Waals surface area contributed by atoms with Crippen LogP contribution in [-0.4, -0.2) is 33.0 Å². The van der Waals surface area contributed by atoms with E-state index in [9.17, 15) is 13.2 Å². The molecule has 0 atom stereocenters. The van der Waals surface area contributed by atoms with Crippen LogP contribution in [0, 0.1) is 6.92 Å². The van der Waals surface area contributed by atoms with Crippen molar-refractivity contribution in [2.24, 2.45) is 7.05 Å². The molecule has 9 nitrogen and oxygen atoms in total. The second kappa shape index (κ2) is 7.03. The van der Waals surface area contributed by atoms with Crippen LogP contribution in [0.3, 0.4) is 0 Å². The van der Waals surface area contributed by atoms with E-state index in [2.05, 4.69) is 20.0 Å². The molecule has 3 rings (SSSR count). The first-order valence-electron chi connectivity index (χ1n) is 8.59. The van der Waals surface area contributed by atoms with Crippen molar-refractivity contribution in [3.63, 3.8) is 0 Å². The third-order valence-corrected chi connectivity index (χ3v) is 5.98. The number of sulfonamides is 1. The summed E-state index contributed by atoms with van der Waals surface area (Å²) < 4.78 is 31.9. The van der Waals surface area contributed by atoms with Gasteiger partial charge in [-0.25, -0.2) is 22.9 Å². The lowest BCUT2D eigenvalue weighted by Gasteiger charge is -2.14. The van der Waals surface area contributed by atoms with Gasteiger partial charge in [-0.1, -0.05) is 19.9 Å². The normalized spacial score (nSPS) is 11.7. The van der Waals surface area contributed by atoms with Crippen molar-refractivity contribution in [3.05, 3.63) is 52.0 Å². The molecule has 0 fully saturated rings. The highest BCUT2D eigenvalue weighted by molar-refractivity contribution is 7.92. The maximum Gasteiger partial charge on any atom is 0.347 e. The molecule has 0 amide bonds. The van der Waals surface area contributed by atoms with Gasteiger partial charge in [0.2, 0.25) is 0 Å². The van der Waals surface area contributed by atoms with E-state index in [1.165, 1.54) is 10.9 Å². The topological polar surface area (TPSA) is 115 Å². The van der Waals surface area contributed by atoms with Gasteiger partial charge in [0.25, 0.3) is 10.0 Å². The molecule has 0 aliphatic carbocycles. The molecule has 144 valence electrons. The van der Waals surface area contributed by atoms with Crippen LogP contribution in [0.4, 0.5) is 5.69 Å². The van der Waals surface area contributed by atoms with Gasteiger partial charge in [0.15, 0.2) is 0 Å². The Morgan fingerprint density at radius 2 is 1.96 bits per heavy atom. The van der Waals surface area contributed by atoms with Crippen molar-refractivity contribution in [1.29, 1.82) is 0 Å². The molecule has 0 spiro atoms. The number of aryl methyl sites for hydroxylation is 2. The fourth-order valence-corrected chi connectivity index (χ4v) is 4.84. The van der Waals surface area contributed by atoms with Gasteiger partial charge < -0.3 is 0 Å². The number of hydrogen-bond donors (Lipinski definition) is 2. The summed E-state index contributed by atoms with van der Waals surface area (Å²) in [6.07, 6.45) is 2.41. The van der Waals surface area contributed by atoms with Crippen molar-refractivity contribution in [3.8, 4) is 5.69 Å². The Hall–Kier alpha value is -2.88. The molecule has 0 saturated heterocycles. The van der Waals surface area contributed by atoms with E-state index in [-0.39, 0.29) is 4.90 Å². The number of anilines is 1. The Morgan fingerprint density at radius 1 is 1.22 bits per heavy atom. The van der Waals surface area contributed by atoms with Crippen LogP contribution in [0.25, 0.3) is 5.69 Å². The third kappa shape index (κ3) is 3.27. The number of aromatic nitrogens is 5. The van der Waals surface area contributed by atoms with Crippen LogP contribution in [0.1, 0.15) is 30.8 Å². The maximum atomic E-state index is 13.1. The first-order chi connectivity index (χ1) is 12.8. The second-order valence-corrected chi connectivity index (χ2v) is 7.76. The summed E-state index contributed by atoms with van der Waals surface area (Å²) in [4.78, 5) is 12.1. The smallest absolute Gasteiger partial charge is 0.279 e. The zero-order valence-electron chi connectivity index (χ0n) is 15.6. The fourth-order valence-electron chi connectivity index (χ4n) is 3.14. The fraction of sp³-hybridized carbons (Fsp3) is 0.353. The van der Waals surface area contributed by atoms with E-state index < -0.39 is 15.7 Å². The lowest BCUT2D eigenvalue weighted by atomic mass is 10.1. The molecular weight excluding hydrogens is 368 g/mol. The Balaban J connectivity index is 2.09. The first-order valence-corrected chi connectivity index (χ1v) is 10.1. The SMILES string of the molecule is CCc1nn(C)c(CC)c1S(=O)(=O)Nc1cccc(-n2cn[nH]c2=O)c1C. The van der Waals surface area contributed by atoms with E-state index >= 15 is 0 Å². The molecule has 0 unspecified atom stereocenters. The molecule has 3 aromatic rings. The van der Waals surface area contributed by atoms with Crippen LogP contribution in [0.15, 0.2) is 34.2 Å². The quantitative estimate of drug-likeness (QED) is 0.662. The summed E-state index contributed by atoms with van der Waals surface area (Å²) in [6, 6.07) is 5.07. The Labute approximate surface area is 157 Å². The summed E-state index contributed by atoms with van der Waals surface area (Å²) in [7, 11) is -2.10. The third-order valence-electron chi connectivity index (χ3n) is 4.49. The van der Waals surface area contributed by atoms with Crippen LogP contribution in [-0.2, 0) is 29.9 Å². The molecule has 0 aliphatic heterocycles. The standard InChI is InChI=1S/C17H22N6O3S/c1-5-12-16(14(6-2)22(4)20-12)27(25,26)21-13-8-7-9-15(11(13)3)23-10-18-19-17(23)24/h7-10,21H,5-6H2,1-4H3,(H,19,24). The van der Waals surface area contributed by atoms with Crippen molar-refractivity contribution < 1.29 is 8.42 Å². The summed E-state index contributed by atoms with van der Waals surface area (Å²) in [5.41, 5.74) is 2.34. The predicted octanol–water partition coefficient (Wildman–Crippen LogP) is 1.53. The van der Waals surface area contributed by atoms with Crippen molar-refractivity contribution >= 4 is 15.7 Å². The molecule has 0 bridgehead atoms. The van der Waals surface area contributed by atoms with Gasteiger partial charge >= 0.3 is 5.69 Å². The minimum absolute atomic E-state index is 0.222. The van der Waals surface area contributed by atoms with E-state index in [0.717, 1.165) is 0 Å². The van der Waals surface area contributed by atoms with Crippen LogP contribution in [0.2, 0.25) is 0 Å². The van der Waals surface area contributed by atoms with Crippen LogP contribution < -0.4 is 10.4 Å². The van der Waals surface area contributed by atoms with Crippen molar-refractivity contribution in [2.45, 2.75) is 38.5 Å². The molecule has 0 aliphatic rings. The maximum absolute atomic E-state index is 13.1. The predicted molar refractivity (Wildman–Crippen MR) is 102 cm³/mol. The van der Waals surface area contributed by atoms with Gasteiger partial charge in [-0.05, 0) is 37.5 Å². The summed E-state index contributed by atoms with van der Waals surface area (Å²) in [5.74, 6) is 0. The van der Waals surface area contributed by atoms with E-state index in [4.69, 9.17) is 0 Å². The second-order valence-electron chi connectivity index (χ2n) is 6.14. The number of hydrogen-bond acceptors (Lipinski definition) is 5. The number of H-pyrrole nitrogens is 1. The highest BCUT2D eigenvalue weighted by Crippen LogP contribution is 2.27. The number of rotatable bonds is 6. The lowest BCUT2D eigenvalue weighted by molar-refractivity contribution is 0.598. The zero-order chi connectivity index (χ0) is 19.8. The largest absolute Gasteiger partial charge is 0.347 e. The highest BCUT2D eigenvalue weighted by Gasteiger charge is 2.27. The molecular formula is C17H22N6O3S. The van der Waals surface area contributed by atoms with E-state index in [0.29, 0.717) is 41.2 Å². The Kier molecular flexibility index (Phi) is 4.92. The molecule has 2 heterocycles. The van der Waals surface area contributed by atoms with Gasteiger partial charge in [-0.15, -0.1) is 0 Å². The Morgan fingerprint density at radius 3 is 2.56 bits per heavy atom. The number of nitrogens with one attached hydrogen (secondary N) is 2. The van der Waals surface area contributed by atoms with Crippen molar-refractivity contribution in [1.82, 2.24) is 24.5 Å². The number of nitrogens with zero attached hydrogens (tertiary/aromatic N) is 4. The molecule has 0 radical (unpaired) electrons. The van der Waals surface area contributed by atoms with Gasteiger partial charge in [0.1, 0.15) is 11.2 Å². The monoisotopic (exact) mass is 390 g/mol.